The van der Waals surface area contributed by atoms with Gasteiger partial charge in [-0.3, -0.25) is 0 Å². The van der Waals surface area contributed by atoms with Gasteiger partial charge in [0.2, 0.25) is 0 Å². The van der Waals surface area contributed by atoms with Crippen molar-refractivity contribution in [3.8, 4) is 11.5 Å². The Kier molecular flexibility index (Phi) is 4.41. The van der Waals surface area contributed by atoms with Gasteiger partial charge < -0.3 is 19.9 Å². The molecule has 1 aromatic rings. The molecule has 1 aromatic carbocycles. The molecule has 2 N–H and O–H groups in total. The smallest absolute Gasteiger partial charge is 0.328 e. The Labute approximate surface area is 111 Å². The maximum absolute atomic E-state index is 10.3. The van der Waals surface area contributed by atoms with Gasteiger partial charge >= 0.3 is 5.97 Å². The standard InChI is InChI=1S/C14H17NO4/c1-10-7-12-13(19-6-5-18-12)8-11(10)9-15-4-2-3-14(16)17/h2-3,7-8,15H,4-6,9H2,1H3,(H,16,17)/b3-2+. The van der Waals surface area contributed by atoms with Crippen molar-refractivity contribution in [3.63, 3.8) is 0 Å². The third-order valence-corrected chi connectivity index (χ3v) is 2.84. The van der Waals surface area contributed by atoms with Crippen molar-refractivity contribution in [3.05, 3.63) is 35.4 Å². The molecule has 102 valence electrons. The van der Waals surface area contributed by atoms with Gasteiger partial charge in [-0.05, 0) is 30.2 Å². The summed E-state index contributed by atoms with van der Waals surface area (Å²) in [7, 11) is 0. The first-order valence-corrected chi connectivity index (χ1v) is 6.16. The largest absolute Gasteiger partial charge is 0.486 e. The van der Waals surface area contributed by atoms with E-state index >= 15 is 0 Å². The zero-order valence-corrected chi connectivity index (χ0v) is 10.8. The number of carboxylic acid groups (broad SMARTS) is 1. The monoisotopic (exact) mass is 263 g/mol. The lowest BCUT2D eigenvalue weighted by atomic mass is 10.1. The Bertz CT molecular complexity index is 496. The zero-order valence-electron chi connectivity index (χ0n) is 10.8. The van der Waals surface area contributed by atoms with Crippen LogP contribution in [0.25, 0.3) is 0 Å². The summed E-state index contributed by atoms with van der Waals surface area (Å²) in [6.45, 7) is 4.35. The number of aliphatic carboxylic acids is 1. The maximum atomic E-state index is 10.3. The van der Waals surface area contributed by atoms with Gasteiger partial charge in [-0.1, -0.05) is 6.08 Å². The third-order valence-electron chi connectivity index (χ3n) is 2.84. The van der Waals surface area contributed by atoms with E-state index in [-0.39, 0.29) is 0 Å². The van der Waals surface area contributed by atoms with E-state index in [0.29, 0.717) is 26.3 Å². The molecular weight excluding hydrogens is 246 g/mol. The fourth-order valence-corrected chi connectivity index (χ4v) is 1.87. The van der Waals surface area contributed by atoms with Gasteiger partial charge in [0, 0.05) is 19.2 Å². The Morgan fingerprint density at radius 2 is 2.05 bits per heavy atom. The molecule has 1 aliphatic heterocycles. The summed E-state index contributed by atoms with van der Waals surface area (Å²) in [5.74, 6) is 0.630. The molecule has 19 heavy (non-hydrogen) atoms. The van der Waals surface area contributed by atoms with Crippen LogP contribution >= 0.6 is 0 Å². The average molecular weight is 263 g/mol. The Hall–Kier alpha value is -2.01. The lowest BCUT2D eigenvalue weighted by Crippen LogP contribution is -2.17. The summed E-state index contributed by atoms with van der Waals surface area (Å²) in [6.07, 6.45) is 2.71. The van der Waals surface area contributed by atoms with Crippen LogP contribution < -0.4 is 14.8 Å². The van der Waals surface area contributed by atoms with Crippen molar-refractivity contribution in [2.75, 3.05) is 19.8 Å². The minimum Gasteiger partial charge on any atom is -0.486 e. The highest BCUT2D eigenvalue weighted by Crippen LogP contribution is 2.32. The van der Waals surface area contributed by atoms with Crippen LogP contribution in [0, 0.1) is 6.92 Å². The summed E-state index contributed by atoms with van der Waals surface area (Å²) in [6, 6.07) is 3.94. The first-order valence-electron chi connectivity index (χ1n) is 6.16. The van der Waals surface area contributed by atoms with Crippen LogP contribution in [0.15, 0.2) is 24.3 Å². The van der Waals surface area contributed by atoms with Crippen molar-refractivity contribution in [1.29, 1.82) is 0 Å². The number of hydrogen-bond acceptors (Lipinski definition) is 4. The Morgan fingerprint density at radius 1 is 1.37 bits per heavy atom. The van der Waals surface area contributed by atoms with Gasteiger partial charge in [-0.2, -0.15) is 0 Å². The second-order valence-electron chi connectivity index (χ2n) is 4.29. The summed E-state index contributed by atoms with van der Waals surface area (Å²) >= 11 is 0. The molecule has 0 saturated heterocycles. The lowest BCUT2D eigenvalue weighted by molar-refractivity contribution is -0.131. The van der Waals surface area contributed by atoms with Gasteiger partial charge in [0.15, 0.2) is 11.5 Å². The molecule has 0 saturated carbocycles. The number of aryl methyl sites for hydroxylation is 1. The molecule has 5 heteroatoms. The summed E-state index contributed by atoms with van der Waals surface area (Å²) in [4.78, 5) is 10.3. The van der Waals surface area contributed by atoms with Crippen LogP contribution in [0.2, 0.25) is 0 Å². The molecule has 2 rings (SSSR count). The molecule has 0 unspecified atom stereocenters. The van der Waals surface area contributed by atoms with Gasteiger partial charge in [0.25, 0.3) is 0 Å². The Morgan fingerprint density at radius 3 is 2.74 bits per heavy atom. The predicted molar refractivity (Wildman–Crippen MR) is 70.7 cm³/mol. The van der Waals surface area contributed by atoms with E-state index in [0.717, 1.165) is 28.7 Å². The lowest BCUT2D eigenvalue weighted by Gasteiger charge is -2.20. The minimum absolute atomic E-state index is 0.514. The molecule has 5 nitrogen and oxygen atoms in total. The molecule has 0 spiro atoms. The highest BCUT2D eigenvalue weighted by atomic mass is 16.6. The summed E-state index contributed by atoms with van der Waals surface area (Å²) in [5, 5.41) is 11.6. The van der Waals surface area contributed by atoms with E-state index in [1.54, 1.807) is 6.08 Å². The SMILES string of the molecule is Cc1cc2c(cc1CNC/C=C/C(=O)O)OCCO2. The number of ether oxygens (including phenoxy) is 2. The van der Waals surface area contributed by atoms with Crippen molar-refractivity contribution >= 4 is 5.97 Å². The van der Waals surface area contributed by atoms with E-state index in [2.05, 4.69) is 5.32 Å². The van der Waals surface area contributed by atoms with Gasteiger partial charge in [0.05, 0.1) is 0 Å². The number of carbonyl (C=O) groups is 1. The van der Waals surface area contributed by atoms with Crippen molar-refractivity contribution in [2.45, 2.75) is 13.5 Å². The van der Waals surface area contributed by atoms with E-state index in [1.807, 2.05) is 19.1 Å². The van der Waals surface area contributed by atoms with Crippen LogP contribution in [0.3, 0.4) is 0 Å². The number of nitrogens with one attached hydrogen (secondary N) is 1. The van der Waals surface area contributed by atoms with Crippen molar-refractivity contribution in [2.24, 2.45) is 0 Å². The summed E-state index contributed by atoms with van der Waals surface area (Å²) in [5.41, 5.74) is 2.24. The van der Waals surface area contributed by atoms with Crippen molar-refractivity contribution in [1.82, 2.24) is 5.32 Å². The number of carboxylic acids is 1. The van der Waals surface area contributed by atoms with Gasteiger partial charge in [-0.15, -0.1) is 0 Å². The normalized spacial score (nSPS) is 13.7. The van der Waals surface area contributed by atoms with Crippen molar-refractivity contribution < 1.29 is 19.4 Å². The number of fused-ring (bicyclic) bond motifs is 1. The molecule has 0 bridgehead atoms. The van der Waals surface area contributed by atoms with E-state index in [1.165, 1.54) is 0 Å². The summed E-state index contributed by atoms with van der Waals surface area (Å²) < 4.78 is 11.0. The molecular formula is C14H17NO4. The molecule has 0 aromatic heterocycles. The molecule has 0 aliphatic carbocycles. The molecule has 1 aliphatic rings. The van der Waals surface area contributed by atoms with E-state index < -0.39 is 5.97 Å². The van der Waals surface area contributed by atoms with Crippen LogP contribution in [0.5, 0.6) is 11.5 Å². The van der Waals surface area contributed by atoms with E-state index in [4.69, 9.17) is 14.6 Å². The van der Waals surface area contributed by atoms with Crippen LogP contribution in [0.1, 0.15) is 11.1 Å². The van der Waals surface area contributed by atoms with Crippen LogP contribution in [-0.4, -0.2) is 30.8 Å². The number of hydrogen-bond donors (Lipinski definition) is 2. The zero-order chi connectivity index (χ0) is 13.7. The molecule has 0 fully saturated rings. The number of rotatable bonds is 5. The van der Waals surface area contributed by atoms with Gasteiger partial charge in [-0.25, -0.2) is 4.79 Å². The first-order chi connectivity index (χ1) is 9.16. The molecule has 0 amide bonds. The molecule has 1 heterocycles. The fourth-order valence-electron chi connectivity index (χ4n) is 1.87. The highest BCUT2D eigenvalue weighted by molar-refractivity contribution is 5.79. The van der Waals surface area contributed by atoms with Gasteiger partial charge in [0.1, 0.15) is 13.2 Å². The fraction of sp³-hybridized carbons (Fsp3) is 0.357. The third kappa shape index (κ3) is 3.72. The maximum Gasteiger partial charge on any atom is 0.328 e. The minimum atomic E-state index is -0.933. The second-order valence-corrected chi connectivity index (χ2v) is 4.29. The quantitative estimate of drug-likeness (QED) is 0.622. The second kappa shape index (κ2) is 6.24. The van der Waals surface area contributed by atoms with Crippen LogP contribution in [0.4, 0.5) is 0 Å². The average Bonchev–Trinajstić information content (AvgIpc) is 2.38. The Balaban J connectivity index is 1.95. The topological polar surface area (TPSA) is 67.8 Å². The number of benzene rings is 1. The molecule has 0 atom stereocenters. The predicted octanol–water partition coefficient (Wildman–Crippen LogP) is 1.50. The highest BCUT2D eigenvalue weighted by Gasteiger charge is 2.13. The van der Waals surface area contributed by atoms with Crippen LogP contribution in [-0.2, 0) is 11.3 Å². The van der Waals surface area contributed by atoms with E-state index in [9.17, 15) is 4.79 Å². The first kappa shape index (κ1) is 13.4. The molecule has 0 radical (unpaired) electrons.